The molecular formula is C22H26O10S. The average Bonchev–Trinajstić information content (AvgIpc) is 3.33. The first-order chi connectivity index (χ1) is 15.5. The summed E-state index contributed by atoms with van der Waals surface area (Å²) in [6.45, 7) is -0.558. The van der Waals surface area contributed by atoms with Crippen LogP contribution >= 0.6 is 0 Å². The van der Waals surface area contributed by atoms with Crippen LogP contribution in [0.25, 0.3) is 0 Å². The van der Waals surface area contributed by atoms with E-state index >= 15 is 0 Å². The summed E-state index contributed by atoms with van der Waals surface area (Å²) in [6, 6.07) is 0. The highest BCUT2D eigenvalue weighted by Crippen LogP contribution is 2.64. The van der Waals surface area contributed by atoms with Gasteiger partial charge in [-0.25, -0.2) is 0 Å². The Labute approximate surface area is 190 Å². The van der Waals surface area contributed by atoms with E-state index in [1.165, 1.54) is 0 Å². The van der Waals surface area contributed by atoms with Gasteiger partial charge in [0.05, 0.1) is 5.41 Å². The summed E-state index contributed by atoms with van der Waals surface area (Å²) in [6.07, 6.45) is 2.76. The molecule has 7 fully saturated rings. The molecule has 11 heteroatoms. The van der Waals surface area contributed by atoms with Gasteiger partial charge in [-0.1, -0.05) is 0 Å². The SMILES string of the molecule is O=C1C2CC3CC1CC(C(=O)OC1C4CC5C1OC(=O)C5(C(=O)OCCS(=O)(=O)O)C4)(C3)C2. The zero-order valence-electron chi connectivity index (χ0n) is 17.9. The average molecular weight is 483 g/mol. The molecule has 0 aromatic rings. The Kier molecular flexibility index (Phi) is 4.42. The zero-order chi connectivity index (χ0) is 23.3. The zero-order valence-corrected chi connectivity index (χ0v) is 18.8. The van der Waals surface area contributed by atoms with Crippen molar-refractivity contribution in [1.29, 1.82) is 0 Å². The summed E-state index contributed by atoms with van der Waals surface area (Å²) >= 11 is 0. The lowest BCUT2D eigenvalue weighted by molar-refractivity contribution is -0.186. The number of carbonyl (C=O) groups excluding carboxylic acids is 4. The van der Waals surface area contributed by atoms with E-state index < -0.39 is 63.4 Å². The van der Waals surface area contributed by atoms with Crippen LogP contribution in [-0.2, 0) is 43.5 Å². The second-order valence-corrected chi connectivity index (χ2v) is 12.5. The van der Waals surface area contributed by atoms with E-state index in [1.807, 2.05) is 0 Å². The number of carbonyl (C=O) groups is 4. The molecule has 0 aromatic heterocycles. The molecule has 0 radical (unpaired) electrons. The number of hydrogen-bond acceptors (Lipinski definition) is 9. The standard InChI is InChI=1S/C22H26O10S/c23-15-11-3-10-4-12(15)8-21(6-10,7-11)18(24)31-16-13-5-14-17(16)32-20(26)22(14,9-13)19(25)30-1-2-33(27,28)29/h10-14,16-17H,1-9H2,(H,27,28,29). The largest absolute Gasteiger partial charge is 0.464 e. The minimum Gasteiger partial charge on any atom is -0.464 e. The Morgan fingerprint density at radius 1 is 1.03 bits per heavy atom. The van der Waals surface area contributed by atoms with Gasteiger partial charge in [0.25, 0.3) is 10.1 Å². The molecule has 6 saturated carbocycles. The van der Waals surface area contributed by atoms with Gasteiger partial charge in [-0.15, -0.1) is 0 Å². The maximum Gasteiger partial charge on any atom is 0.324 e. The molecule has 1 N–H and O–H groups in total. The first-order valence-corrected chi connectivity index (χ1v) is 13.2. The van der Waals surface area contributed by atoms with E-state index in [1.54, 1.807) is 0 Å². The normalized spacial score (nSPS) is 46.5. The summed E-state index contributed by atoms with van der Waals surface area (Å²) in [5, 5.41) is 0. The Bertz CT molecular complexity index is 1050. The van der Waals surface area contributed by atoms with Crippen molar-refractivity contribution in [1.82, 2.24) is 0 Å². The highest BCUT2D eigenvalue weighted by molar-refractivity contribution is 7.85. The second kappa shape index (κ2) is 6.78. The van der Waals surface area contributed by atoms with Crippen LogP contribution in [0.5, 0.6) is 0 Å². The van der Waals surface area contributed by atoms with Gasteiger partial charge in [0.2, 0.25) is 0 Å². The molecule has 0 spiro atoms. The van der Waals surface area contributed by atoms with Crippen LogP contribution in [0, 0.1) is 40.4 Å². The molecule has 33 heavy (non-hydrogen) atoms. The molecule has 180 valence electrons. The first kappa shape index (κ1) is 21.5. The van der Waals surface area contributed by atoms with Crippen LogP contribution in [0.15, 0.2) is 0 Å². The molecule has 0 amide bonds. The number of hydrogen-bond donors (Lipinski definition) is 1. The summed E-state index contributed by atoms with van der Waals surface area (Å²) in [4.78, 5) is 51.3. The number of esters is 3. The molecule has 7 aliphatic rings. The third-order valence-electron chi connectivity index (χ3n) is 9.18. The Hall–Kier alpha value is -2.01. The Morgan fingerprint density at radius 2 is 1.73 bits per heavy atom. The fourth-order valence-electron chi connectivity index (χ4n) is 8.05. The minimum atomic E-state index is -4.30. The molecule has 0 aromatic carbocycles. The number of ketones is 1. The van der Waals surface area contributed by atoms with Gasteiger partial charge in [0, 0.05) is 23.7 Å². The highest BCUT2D eigenvalue weighted by Gasteiger charge is 2.75. The summed E-state index contributed by atoms with van der Waals surface area (Å²) < 4.78 is 47.1. The molecule has 6 bridgehead atoms. The fourth-order valence-corrected chi connectivity index (χ4v) is 8.34. The van der Waals surface area contributed by atoms with Crippen LogP contribution in [-0.4, -0.2) is 61.2 Å². The molecule has 7 unspecified atom stereocenters. The minimum absolute atomic E-state index is 0.0571. The van der Waals surface area contributed by atoms with Gasteiger partial charge in [0.1, 0.15) is 30.4 Å². The third-order valence-corrected chi connectivity index (χ3v) is 9.86. The molecule has 7 rings (SSSR count). The maximum absolute atomic E-state index is 13.4. The van der Waals surface area contributed by atoms with Gasteiger partial charge in [-0.05, 0) is 50.9 Å². The van der Waals surface area contributed by atoms with Crippen LogP contribution in [0.2, 0.25) is 0 Å². The van der Waals surface area contributed by atoms with Crippen molar-refractivity contribution in [2.45, 2.75) is 57.2 Å². The van der Waals surface area contributed by atoms with Gasteiger partial charge in [-0.2, -0.15) is 8.42 Å². The van der Waals surface area contributed by atoms with Gasteiger partial charge >= 0.3 is 17.9 Å². The molecule has 1 saturated heterocycles. The molecule has 1 aliphatic heterocycles. The quantitative estimate of drug-likeness (QED) is 0.248. The van der Waals surface area contributed by atoms with Crippen molar-refractivity contribution in [3.05, 3.63) is 0 Å². The van der Waals surface area contributed by atoms with Crippen LogP contribution in [0.3, 0.4) is 0 Å². The van der Waals surface area contributed by atoms with Gasteiger partial charge < -0.3 is 14.2 Å². The Balaban J connectivity index is 1.16. The first-order valence-electron chi connectivity index (χ1n) is 11.6. The van der Waals surface area contributed by atoms with E-state index in [9.17, 15) is 27.6 Å². The van der Waals surface area contributed by atoms with Crippen molar-refractivity contribution in [3.63, 3.8) is 0 Å². The van der Waals surface area contributed by atoms with E-state index in [2.05, 4.69) is 0 Å². The summed E-state index contributed by atoms with van der Waals surface area (Å²) in [5.41, 5.74) is -2.15. The lowest BCUT2D eigenvalue weighted by Gasteiger charge is -2.54. The van der Waals surface area contributed by atoms with Gasteiger partial charge in [-0.3, -0.25) is 23.7 Å². The van der Waals surface area contributed by atoms with E-state index in [4.69, 9.17) is 18.8 Å². The molecule has 6 aliphatic carbocycles. The number of ether oxygens (including phenoxy) is 3. The molecule has 7 atom stereocenters. The lowest BCUT2D eigenvalue weighted by Crippen LogP contribution is -2.56. The predicted molar refractivity (Wildman–Crippen MR) is 107 cm³/mol. The fraction of sp³-hybridized carbons (Fsp3) is 0.818. The summed E-state index contributed by atoms with van der Waals surface area (Å²) in [5.74, 6) is -2.82. The van der Waals surface area contributed by atoms with E-state index in [0.29, 0.717) is 25.2 Å². The molecule has 10 nitrogen and oxygen atoms in total. The van der Waals surface area contributed by atoms with E-state index in [-0.39, 0.29) is 35.9 Å². The molecular weight excluding hydrogens is 456 g/mol. The Morgan fingerprint density at radius 3 is 2.39 bits per heavy atom. The van der Waals surface area contributed by atoms with Crippen molar-refractivity contribution in [2.75, 3.05) is 12.4 Å². The van der Waals surface area contributed by atoms with Gasteiger partial charge in [0.15, 0.2) is 5.41 Å². The van der Waals surface area contributed by atoms with Crippen molar-refractivity contribution >= 4 is 33.8 Å². The van der Waals surface area contributed by atoms with Crippen LogP contribution in [0.4, 0.5) is 0 Å². The van der Waals surface area contributed by atoms with Crippen molar-refractivity contribution < 1.29 is 46.4 Å². The second-order valence-electron chi connectivity index (χ2n) is 11.0. The number of rotatable bonds is 6. The highest BCUT2D eigenvalue weighted by atomic mass is 32.2. The predicted octanol–water partition coefficient (Wildman–Crippen LogP) is 0.676. The number of Topliss-reactive ketones (excluding diaryl/α,β-unsaturated/α-hetero) is 1. The topological polar surface area (TPSA) is 150 Å². The van der Waals surface area contributed by atoms with E-state index in [0.717, 1.165) is 19.3 Å². The smallest absolute Gasteiger partial charge is 0.324 e. The van der Waals surface area contributed by atoms with Crippen LogP contribution in [0.1, 0.15) is 44.9 Å². The maximum atomic E-state index is 13.4. The molecule has 1 heterocycles. The van der Waals surface area contributed by atoms with Crippen LogP contribution < -0.4 is 0 Å². The lowest BCUT2D eigenvalue weighted by atomic mass is 9.49. The third kappa shape index (κ3) is 2.97. The summed E-state index contributed by atoms with van der Waals surface area (Å²) in [7, 11) is -4.30. The number of fused-ring (bicyclic) bond motifs is 1. The van der Waals surface area contributed by atoms with Crippen molar-refractivity contribution in [2.24, 2.45) is 40.4 Å². The monoisotopic (exact) mass is 482 g/mol. The van der Waals surface area contributed by atoms with Crippen molar-refractivity contribution in [3.8, 4) is 0 Å².